The first-order valence-electron chi connectivity index (χ1n) is 3.88. The normalized spacial score (nSPS) is 9.42. The van der Waals surface area contributed by atoms with Crippen LogP contribution >= 0.6 is 0 Å². The SMILES string of the molecule is C#CCOc1c(C)cnn1CC. The molecule has 0 saturated heterocycles. The molecule has 12 heavy (non-hydrogen) atoms. The van der Waals surface area contributed by atoms with E-state index in [4.69, 9.17) is 11.2 Å². The van der Waals surface area contributed by atoms with Crippen molar-refractivity contribution in [3.05, 3.63) is 11.8 Å². The van der Waals surface area contributed by atoms with Crippen molar-refractivity contribution in [1.29, 1.82) is 0 Å². The van der Waals surface area contributed by atoms with E-state index in [9.17, 15) is 0 Å². The Morgan fingerprint density at radius 2 is 2.50 bits per heavy atom. The lowest BCUT2D eigenvalue weighted by atomic mass is 10.4. The van der Waals surface area contributed by atoms with Crippen LogP contribution in [0.4, 0.5) is 0 Å². The van der Waals surface area contributed by atoms with Gasteiger partial charge in [-0.3, -0.25) is 0 Å². The van der Waals surface area contributed by atoms with E-state index in [1.54, 1.807) is 10.9 Å². The predicted octanol–water partition coefficient (Wildman–Crippen LogP) is 1.22. The number of aromatic nitrogens is 2. The predicted molar refractivity (Wildman–Crippen MR) is 47.0 cm³/mol. The van der Waals surface area contributed by atoms with Crippen molar-refractivity contribution in [2.24, 2.45) is 0 Å². The number of ether oxygens (including phenoxy) is 1. The third-order valence-electron chi connectivity index (χ3n) is 1.55. The van der Waals surface area contributed by atoms with Crippen LogP contribution < -0.4 is 4.74 Å². The van der Waals surface area contributed by atoms with Gasteiger partial charge in [-0.15, -0.1) is 6.42 Å². The summed E-state index contributed by atoms with van der Waals surface area (Å²) in [7, 11) is 0. The number of nitrogens with zero attached hydrogens (tertiary/aromatic N) is 2. The minimum atomic E-state index is 0.298. The summed E-state index contributed by atoms with van der Waals surface area (Å²) >= 11 is 0. The monoisotopic (exact) mass is 164 g/mol. The molecule has 64 valence electrons. The molecule has 0 bridgehead atoms. The zero-order chi connectivity index (χ0) is 8.97. The fourth-order valence-corrected chi connectivity index (χ4v) is 0.991. The molecule has 0 aliphatic carbocycles. The zero-order valence-electron chi connectivity index (χ0n) is 7.37. The largest absolute Gasteiger partial charge is 0.464 e. The van der Waals surface area contributed by atoms with Crippen molar-refractivity contribution in [3.63, 3.8) is 0 Å². The van der Waals surface area contributed by atoms with Gasteiger partial charge >= 0.3 is 0 Å². The van der Waals surface area contributed by atoms with E-state index in [1.165, 1.54) is 0 Å². The molecule has 3 nitrogen and oxygen atoms in total. The molecule has 1 heterocycles. The highest BCUT2D eigenvalue weighted by Gasteiger charge is 2.05. The van der Waals surface area contributed by atoms with Gasteiger partial charge in [-0.2, -0.15) is 5.10 Å². The maximum atomic E-state index is 5.31. The molecule has 3 heteroatoms. The summed E-state index contributed by atoms with van der Waals surface area (Å²) in [5.74, 6) is 3.19. The molecule has 0 aliphatic rings. The summed E-state index contributed by atoms with van der Waals surface area (Å²) < 4.78 is 7.10. The van der Waals surface area contributed by atoms with Crippen molar-refractivity contribution in [2.45, 2.75) is 20.4 Å². The first-order valence-corrected chi connectivity index (χ1v) is 3.88. The molecule has 0 aromatic carbocycles. The highest BCUT2D eigenvalue weighted by Crippen LogP contribution is 2.15. The third-order valence-corrected chi connectivity index (χ3v) is 1.55. The van der Waals surface area contributed by atoms with E-state index in [1.807, 2.05) is 13.8 Å². The minimum Gasteiger partial charge on any atom is -0.464 e. The molecule has 0 saturated carbocycles. The first-order chi connectivity index (χ1) is 5.79. The van der Waals surface area contributed by atoms with Crippen LogP contribution in [0.1, 0.15) is 12.5 Å². The van der Waals surface area contributed by atoms with Crippen LogP contribution in [0.3, 0.4) is 0 Å². The molecule has 1 aromatic rings. The zero-order valence-corrected chi connectivity index (χ0v) is 7.37. The summed E-state index contributed by atoms with van der Waals surface area (Å²) in [4.78, 5) is 0. The molecule has 1 aromatic heterocycles. The minimum absolute atomic E-state index is 0.298. The second-order valence-corrected chi connectivity index (χ2v) is 2.44. The van der Waals surface area contributed by atoms with Crippen molar-refractivity contribution in [3.8, 4) is 18.2 Å². The first kappa shape index (κ1) is 8.66. The van der Waals surface area contributed by atoms with Crippen LogP contribution in [0.25, 0.3) is 0 Å². The molecule has 0 spiro atoms. The summed E-state index contributed by atoms with van der Waals surface area (Å²) in [6, 6.07) is 0. The Morgan fingerprint density at radius 1 is 1.75 bits per heavy atom. The van der Waals surface area contributed by atoms with Gasteiger partial charge < -0.3 is 4.74 Å². The number of aryl methyl sites for hydroxylation is 2. The Balaban J connectivity index is 2.81. The van der Waals surface area contributed by atoms with Gasteiger partial charge in [0.25, 0.3) is 0 Å². The summed E-state index contributed by atoms with van der Waals surface area (Å²) in [6.07, 6.45) is 6.86. The fraction of sp³-hybridized carbons (Fsp3) is 0.444. The van der Waals surface area contributed by atoms with E-state index in [2.05, 4.69) is 11.0 Å². The average molecular weight is 164 g/mol. The van der Waals surface area contributed by atoms with Crippen LogP contribution in [0, 0.1) is 19.3 Å². The third kappa shape index (κ3) is 1.59. The van der Waals surface area contributed by atoms with Gasteiger partial charge in [0.15, 0.2) is 6.61 Å². The van der Waals surface area contributed by atoms with Crippen LogP contribution in [0.2, 0.25) is 0 Å². The standard InChI is InChI=1S/C9H12N2O/c1-4-6-12-9-8(3)7-10-11(9)5-2/h1,7H,5-6H2,2-3H3. The molecule has 0 amide bonds. The average Bonchev–Trinajstić information content (AvgIpc) is 2.43. The number of rotatable bonds is 3. The topological polar surface area (TPSA) is 27.1 Å². The van der Waals surface area contributed by atoms with Crippen LogP contribution in [0.15, 0.2) is 6.20 Å². The molecular weight excluding hydrogens is 152 g/mol. The molecule has 0 radical (unpaired) electrons. The van der Waals surface area contributed by atoms with Crippen molar-refractivity contribution >= 4 is 0 Å². The van der Waals surface area contributed by atoms with Gasteiger partial charge in [-0.25, -0.2) is 4.68 Å². The van der Waals surface area contributed by atoms with Crippen molar-refractivity contribution in [2.75, 3.05) is 6.61 Å². The van der Waals surface area contributed by atoms with Crippen LogP contribution in [0.5, 0.6) is 5.88 Å². The maximum Gasteiger partial charge on any atom is 0.215 e. The van der Waals surface area contributed by atoms with Gasteiger partial charge in [-0.1, -0.05) is 5.92 Å². The number of terminal acetylenes is 1. The Morgan fingerprint density at radius 3 is 3.08 bits per heavy atom. The molecule has 0 atom stereocenters. The Hall–Kier alpha value is -1.43. The second kappa shape index (κ2) is 3.82. The van der Waals surface area contributed by atoms with Crippen LogP contribution in [-0.2, 0) is 6.54 Å². The summed E-state index contributed by atoms with van der Waals surface area (Å²) in [5.41, 5.74) is 1.02. The van der Waals surface area contributed by atoms with Gasteiger partial charge in [0.1, 0.15) is 0 Å². The molecule has 0 aliphatic heterocycles. The van der Waals surface area contributed by atoms with Crippen molar-refractivity contribution in [1.82, 2.24) is 9.78 Å². The highest BCUT2D eigenvalue weighted by atomic mass is 16.5. The quantitative estimate of drug-likeness (QED) is 0.628. The van der Waals surface area contributed by atoms with E-state index in [0.717, 1.165) is 18.0 Å². The summed E-state index contributed by atoms with van der Waals surface area (Å²) in [6.45, 7) is 5.06. The Kier molecular flexibility index (Phi) is 2.76. The lowest BCUT2D eigenvalue weighted by Gasteiger charge is -2.04. The van der Waals surface area contributed by atoms with Gasteiger partial charge in [0.05, 0.1) is 6.20 Å². The van der Waals surface area contributed by atoms with Crippen molar-refractivity contribution < 1.29 is 4.74 Å². The van der Waals surface area contributed by atoms with E-state index >= 15 is 0 Å². The maximum absolute atomic E-state index is 5.31. The molecular formula is C9H12N2O. The fourth-order valence-electron chi connectivity index (χ4n) is 0.991. The highest BCUT2D eigenvalue weighted by molar-refractivity contribution is 5.22. The molecule has 0 fully saturated rings. The van der Waals surface area contributed by atoms with Crippen LogP contribution in [-0.4, -0.2) is 16.4 Å². The molecule has 0 N–H and O–H groups in total. The van der Waals surface area contributed by atoms with E-state index < -0.39 is 0 Å². The Bertz CT molecular complexity index is 296. The van der Waals surface area contributed by atoms with E-state index in [-0.39, 0.29) is 0 Å². The number of hydrogen-bond acceptors (Lipinski definition) is 2. The van der Waals surface area contributed by atoms with Gasteiger partial charge in [0.2, 0.25) is 5.88 Å². The smallest absolute Gasteiger partial charge is 0.215 e. The molecule has 1 rings (SSSR count). The second-order valence-electron chi connectivity index (χ2n) is 2.44. The summed E-state index contributed by atoms with van der Waals surface area (Å²) in [5, 5.41) is 4.11. The number of hydrogen-bond donors (Lipinski definition) is 0. The Labute approximate surface area is 72.3 Å². The lowest BCUT2D eigenvalue weighted by molar-refractivity contribution is 0.326. The lowest BCUT2D eigenvalue weighted by Crippen LogP contribution is -2.03. The van der Waals surface area contributed by atoms with E-state index in [0.29, 0.717) is 6.61 Å². The molecule has 0 unspecified atom stereocenters. The van der Waals surface area contributed by atoms with Gasteiger partial charge in [-0.05, 0) is 13.8 Å². The van der Waals surface area contributed by atoms with Gasteiger partial charge in [0, 0.05) is 12.1 Å².